The fourth-order valence-corrected chi connectivity index (χ4v) is 3.20. The van der Waals surface area contributed by atoms with Crippen LogP contribution in [0.2, 0.25) is 5.02 Å². The summed E-state index contributed by atoms with van der Waals surface area (Å²) in [5.41, 5.74) is 0.705. The van der Waals surface area contributed by atoms with Crippen molar-refractivity contribution in [1.29, 1.82) is 0 Å². The maximum Gasteiger partial charge on any atom is 0.270 e. The minimum absolute atomic E-state index is 0.102. The molecular weight excluding hydrogens is 276 g/mol. The fourth-order valence-electron chi connectivity index (χ4n) is 2.98. The van der Waals surface area contributed by atoms with Crippen LogP contribution in [0, 0.1) is 0 Å². The van der Waals surface area contributed by atoms with E-state index in [0.717, 1.165) is 45.8 Å². The van der Waals surface area contributed by atoms with Crippen LogP contribution in [-0.2, 0) is 6.54 Å². The molecule has 1 aromatic heterocycles. The molecule has 2 fully saturated rings. The lowest BCUT2D eigenvalue weighted by Gasteiger charge is -2.46. The molecular formula is C14H21ClN4O. The molecule has 20 heavy (non-hydrogen) atoms. The third kappa shape index (κ3) is 2.57. The quantitative estimate of drug-likeness (QED) is 0.901. The SMILES string of the molecule is CCn1cc(Cl)cc1C(=O)N1CC(N2CCNCC2)C1. The van der Waals surface area contributed by atoms with E-state index in [2.05, 4.69) is 10.2 Å². The van der Waals surface area contributed by atoms with Gasteiger partial charge in [0.2, 0.25) is 0 Å². The summed E-state index contributed by atoms with van der Waals surface area (Å²) in [5.74, 6) is 0.102. The highest BCUT2D eigenvalue weighted by atomic mass is 35.5. The molecule has 3 rings (SSSR count). The van der Waals surface area contributed by atoms with Crippen LogP contribution in [0.15, 0.2) is 12.3 Å². The fraction of sp³-hybridized carbons (Fsp3) is 0.643. The van der Waals surface area contributed by atoms with Gasteiger partial charge in [0.15, 0.2) is 0 Å². The molecule has 0 saturated carbocycles. The molecule has 6 heteroatoms. The zero-order chi connectivity index (χ0) is 14.1. The first kappa shape index (κ1) is 13.9. The number of hydrogen-bond acceptors (Lipinski definition) is 3. The van der Waals surface area contributed by atoms with E-state index in [-0.39, 0.29) is 5.91 Å². The average Bonchev–Trinajstić information content (AvgIpc) is 2.79. The molecule has 0 aromatic carbocycles. The first-order valence-corrected chi connectivity index (χ1v) is 7.66. The highest BCUT2D eigenvalue weighted by molar-refractivity contribution is 6.31. The van der Waals surface area contributed by atoms with Gasteiger partial charge >= 0.3 is 0 Å². The second-order valence-corrected chi connectivity index (χ2v) is 5.92. The number of carbonyl (C=O) groups excluding carboxylic acids is 1. The van der Waals surface area contributed by atoms with E-state index in [0.29, 0.717) is 16.8 Å². The molecule has 110 valence electrons. The Balaban J connectivity index is 1.60. The van der Waals surface area contributed by atoms with Gasteiger partial charge in [-0.2, -0.15) is 0 Å². The van der Waals surface area contributed by atoms with Gasteiger partial charge in [-0.1, -0.05) is 11.6 Å². The van der Waals surface area contributed by atoms with Crippen LogP contribution in [-0.4, -0.2) is 65.6 Å². The molecule has 3 heterocycles. The number of amides is 1. The molecule has 0 atom stereocenters. The lowest BCUT2D eigenvalue weighted by molar-refractivity contribution is 0.0219. The molecule has 1 amide bonds. The van der Waals surface area contributed by atoms with E-state index in [1.54, 1.807) is 6.07 Å². The molecule has 0 unspecified atom stereocenters. The molecule has 1 N–H and O–H groups in total. The smallest absolute Gasteiger partial charge is 0.270 e. The van der Waals surface area contributed by atoms with Gasteiger partial charge in [-0.15, -0.1) is 0 Å². The number of nitrogens with one attached hydrogen (secondary N) is 1. The highest BCUT2D eigenvalue weighted by Crippen LogP contribution is 2.21. The van der Waals surface area contributed by atoms with Crippen molar-refractivity contribution in [3.63, 3.8) is 0 Å². The van der Waals surface area contributed by atoms with Gasteiger partial charge in [-0.25, -0.2) is 0 Å². The maximum atomic E-state index is 12.5. The van der Waals surface area contributed by atoms with Crippen LogP contribution in [0.5, 0.6) is 0 Å². The number of aryl methyl sites for hydroxylation is 1. The summed E-state index contributed by atoms with van der Waals surface area (Å²) in [6.07, 6.45) is 1.82. The number of piperazine rings is 1. The van der Waals surface area contributed by atoms with Gasteiger partial charge < -0.3 is 14.8 Å². The van der Waals surface area contributed by atoms with Crippen molar-refractivity contribution < 1.29 is 4.79 Å². The van der Waals surface area contributed by atoms with Crippen LogP contribution >= 0.6 is 11.6 Å². The standard InChI is InChI=1S/C14H21ClN4O/c1-2-17-8-11(15)7-13(17)14(20)19-9-12(10-19)18-5-3-16-4-6-18/h7-8,12,16H,2-6,9-10H2,1H3. The summed E-state index contributed by atoms with van der Waals surface area (Å²) in [7, 11) is 0. The van der Waals surface area contributed by atoms with Gasteiger partial charge in [-0.05, 0) is 13.0 Å². The Bertz CT molecular complexity index is 489. The van der Waals surface area contributed by atoms with E-state index in [1.165, 1.54) is 0 Å². The molecule has 5 nitrogen and oxygen atoms in total. The van der Waals surface area contributed by atoms with Gasteiger partial charge in [-0.3, -0.25) is 9.69 Å². The number of hydrogen-bond donors (Lipinski definition) is 1. The lowest BCUT2D eigenvalue weighted by atomic mass is 10.1. The van der Waals surface area contributed by atoms with Gasteiger partial charge in [0.05, 0.1) is 5.02 Å². The zero-order valence-corrected chi connectivity index (χ0v) is 12.6. The van der Waals surface area contributed by atoms with Gasteiger partial charge in [0, 0.05) is 58.1 Å². The predicted molar refractivity (Wildman–Crippen MR) is 79.3 cm³/mol. The average molecular weight is 297 g/mol. The number of carbonyl (C=O) groups is 1. The normalized spacial score (nSPS) is 21.0. The Morgan fingerprint density at radius 1 is 1.40 bits per heavy atom. The van der Waals surface area contributed by atoms with Crippen molar-refractivity contribution in [2.75, 3.05) is 39.3 Å². The van der Waals surface area contributed by atoms with E-state index in [4.69, 9.17) is 11.6 Å². The minimum atomic E-state index is 0.102. The van der Waals surface area contributed by atoms with Gasteiger partial charge in [0.1, 0.15) is 5.69 Å². The Morgan fingerprint density at radius 2 is 2.10 bits per heavy atom. The largest absolute Gasteiger partial charge is 0.342 e. The van der Waals surface area contributed by atoms with Crippen molar-refractivity contribution >= 4 is 17.5 Å². The molecule has 1 aromatic rings. The number of likely N-dealkylation sites (tertiary alicyclic amines) is 1. The van der Waals surface area contributed by atoms with Crippen molar-refractivity contribution in [2.45, 2.75) is 19.5 Å². The van der Waals surface area contributed by atoms with Crippen molar-refractivity contribution in [1.82, 2.24) is 19.7 Å². The van der Waals surface area contributed by atoms with Gasteiger partial charge in [0.25, 0.3) is 5.91 Å². The maximum absolute atomic E-state index is 12.5. The Morgan fingerprint density at radius 3 is 2.75 bits per heavy atom. The molecule has 2 aliphatic rings. The van der Waals surface area contributed by atoms with E-state index in [9.17, 15) is 4.79 Å². The van der Waals surface area contributed by atoms with Crippen LogP contribution in [0.25, 0.3) is 0 Å². The summed E-state index contributed by atoms with van der Waals surface area (Å²) in [6.45, 7) is 8.75. The summed E-state index contributed by atoms with van der Waals surface area (Å²) >= 11 is 6.00. The number of aromatic nitrogens is 1. The summed E-state index contributed by atoms with van der Waals surface area (Å²) < 4.78 is 1.92. The minimum Gasteiger partial charge on any atom is -0.342 e. The van der Waals surface area contributed by atoms with Crippen molar-refractivity contribution in [3.8, 4) is 0 Å². The highest BCUT2D eigenvalue weighted by Gasteiger charge is 2.36. The third-order valence-corrected chi connectivity index (χ3v) is 4.45. The van der Waals surface area contributed by atoms with E-state index >= 15 is 0 Å². The van der Waals surface area contributed by atoms with Crippen LogP contribution in [0.4, 0.5) is 0 Å². The van der Waals surface area contributed by atoms with Crippen LogP contribution < -0.4 is 5.32 Å². The Kier molecular flexibility index (Phi) is 4.01. The first-order valence-electron chi connectivity index (χ1n) is 7.28. The topological polar surface area (TPSA) is 40.5 Å². The predicted octanol–water partition coefficient (Wildman–Crippen LogP) is 0.891. The summed E-state index contributed by atoms with van der Waals surface area (Å²) in [6, 6.07) is 2.30. The molecule has 2 aliphatic heterocycles. The van der Waals surface area contributed by atoms with E-state index in [1.807, 2.05) is 22.6 Å². The lowest BCUT2D eigenvalue weighted by Crippen LogP contribution is -2.64. The Labute approximate surface area is 124 Å². The number of rotatable bonds is 3. The second kappa shape index (κ2) is 5.76. The van der Waals surface area contributed by atoms with Crippen LogP contribution in [0.3, 0.4) is 0 Å². The number of halogens is 1. The molecule has 0 radical (unpaired) electrons. The second-order valence-electron chi connectivity index (χ2n) is 5.48. The van der Waals surface area contributed by atoms with E-state index < -0.39 is 0 Å². The zero-order valence-electron chi connectivity index (χ0n) is 11.8. The molecule has 2 saturated heterocycles. The van der Waals surface area contributed by atoms with Crippen molar-refractivity contribution in [2.24, 2.45) is 0 Å². The van der Waals surface area contributed by atoms with Crippen molar-refractivity contribution in [3.05, 3.63) is 23.0 Å². The summed E-state index contributed by atoms with van der Waals surface area (Å²) in [5, 5.41) is 3.99. The molecule has 0 spiro atoms. The number of nitrogens with zero attached hydrogens (tertiary/aromatic N) is 3. The summed E-state index contributed by atoms with van der Waals surface area (Å²) in [4.78, 5) is 16.9. The molecule has 0 aliphatic carbocycles. The Hall–Kier alpha value is -1.04. The first-order chi connectivity index (χ1) is 9.69. The van der Waals surface area contributed by atoms with Crippen LogP contribution in [0.1, 0.15) is 17.4 Å². The molecule has 0 bridgehead atoms. The third-order valence-electron chi connectivity index (χ3n) is 4.24. The monoisotopic (exact) mass is 296 g/mol.